The minimum Gasteiger partial charge on any atom is -0.494 e. The summed E-state index contributed by atoms with van der Waals surface area (Å²) in [5.41, 5.74) is 3.23. The fraction of sp³-hybridized carbons (Fsp3) is 0.667. The summed E-state index contributed by atoms with van der Waals surface area (Å²) in [6.45, 7) is 6.27. The Bertz CT molecular complexity index is 324. The third-order valence-electron chi connectivity index (χ3n) is 2.46. The van der Waals surface area contributed by atoms with Gasteiger partial charge in [0.15, 0.2) is 0 Å². The highest BCUT2D eigenvalue weighted by molar-refractivity contribution is 5.39. The van der Waals surface area contributed by atoms with Crippen molar-refractivity contribution >= 4 is 0 Å². The number of methoxy groups -OCH3 is 1. The van der Waals surface area contributed by atoms with E-state index in [0.29, 0.717) is 0 Å². The summed E-state index contributed by atoms with van der Waals surface area (Å²) in [5.74, 6) is 0.926. The summed E-state index contributed by atoms with van der Waals surface area (Å²) in [4.78, 5) is 0. The normalized spacial score (nSPS) is 10.4. The molecule has 0 amide bonds. The van der Waals surface area contributed by atoms with Gasteiger partial charge in [-0.3, -0.25) is 0 Å². The lowest BCUT2D eigenvalue weighted by Crippen LogP contribution is -2.06. The average Bonchev–Trinajstić information content (AvgIpc) is 2.23. The molecule has 0 aliphatic heterocycles. The summed E-state index contributed by atoms with van der Waals surface area (Å²) in [5, 5.41) is 8.40. The summed E-state index contributed by atoms with van der Waals surface area (Å²) in [6, 6.07) is 0. The minimum absolute atomic E-state index is 0.890. The maximum atomic E-state index is 5.41. The highest BCUT2D eigenvalue weighted by Crippen LogP contribution is 2.25. The zero-order valence-corrected chi connectivity index (χ0v) is 10.1. The van der Waals surface area contributed by atoms with Crippen LogP contribution >= 0.6 is 0 Å². The van der Waals surface area contributed by atoms with Gasteiger partial charge in [-0.25, -0.2) is 0 Å². The number of nitrogens with zero attached hydrogens (tertiary/aromatic N) is 2. The second kappa shape index (κ2) is 5.69. The van der Waals surface area contributed by atoms with Gasteiger partial charge in [0.05, 0.1) is 12.8 Å². The third kappa shape index (κ3) is 2.67. The van der Waals surface area contributed by atoms with Gasteiger partial charge in [0.1, 0.15) is 11.4 Å². The highest BCUT2D eigenvalue weighted by Gasteiger charge is 2.13. The highest BCUT2D eigenvalue weighted by atomic mass is 16.5. The number of aryl methyl sites for hydroxylation is 2. The van der Waals surface area contributed by atoms with Crippen molar-refractivity contribution in [1.82, 2.24) is 10.2 Å². The Morgan fingerprint density at radius 2 is 1.73 bits per heavy atom. The van der Waals surface area contributed by atoms with Crippen LogP contribution in [-0.4, -0.2) is 17.3 Å². The van der Waals surface area contributed by atoms with Crippen molar-refractivity contribution in [3.8, 4) is 5.75 Å². The molecule has 0 aliphatic rings. The second-order valence-electron chi connectivity index (χ2n) is 3.74. The van der Waals surface area contributed by atoms with Crippen molar-refractivity contribution in [3.63, 3.8) is 0 Å². The van der Waals surface area contributed by atoms with Crippen molar-refractivity contribution < 1.29 is 4.74 Å². The molecule has 0 N–H and O–H groups in total. The Hall–Kier alpha value is -1.12. The number of hydrogen-bond donors (Lipinski definition) is 0. The van der Waals surface area contributed by atoms with Gasteiger partial charge in [-0.05, 0) is 19.8 Å². The van der Waals surface area contributed by atoms with Gasteiger partial charge in [-0.1, -0.05) is 26.7 Å². The summed E-state index contributed by atoms with van der Waals surface area (Å²) in [6.07, 6.45) is 4.21. The van der Waals surface area contributed by atoms with Crippen LogP contribution in [0, 0.1) is 6.92 Å². The molecule has 1 heterocycles. The third-order valence-corrected chi connectivity index (χ3v) is 2.46. The second-order valence-corrected chi connectivity index (χ2v) is 3.74. The first kappa shape index (κ1) is 12.0. The molecule has 0 spiro atoms. The summed E-state index contributed by atoms with van der Waals surface area (Å²) >= 11 is 0. The van der Waals surface area contributed by atoms with Crippen molar-refractivity contribution in [3.05, 3.63) is 17.0 Å². The molecule has 0 saturated carbocycles. The molecule has 84 valence electrons. The van der Waals surface area contributed by atoms with Gasteiger partial charge in [-0.2, -0.15) is 10.2 Å². The largest absolute Gasteiger partial charge is 0.494 e. The molecule has 3 nitrogen and oxygen atoms in total. The molecule has 15 heavy (non-hydrogen) atoms. The van der Waals surface area contributed by atoms with Crippen LogP contribution in [0.15, 0.2) is 0 Å². The number of rotatable bonds is 5. The van der Waals surface area contributed by atoms with Crippen molar-refractivity contribution in [1.29, 1.82) is 0 Å². The van der Waals surface area contributed by atoms with E-state index in [1.54, 1.807) is 7.11 Å². The topological polar surface area (TPSA) is 35.0 Å². The number of ether oxygens (including phenoxy) is 1. The van der Waals surface area contributed by atoms with Gasteiger partial charge >= 0.3 is 0 Å². The van der Waals surface area contributed by atoms with Crippen LogP contribution in [0.4, 0.5) is 0 Å². The zero-order valence-electron chi connectivity index (χ0n) is 10.1. The molecule has 0 atom stereocenters. The van der Waals surface area contributed by atoms with E-state index in [9.17, 15) is 0 Å². The fourth-order valence-corrected chi connectivity index (χ4v) is 1.81. The van der Waals surface area contributed by atoms with Crippen molar-refractivity contribution in [2.24, 2.45) is 0 Å². The van der Waals surface area contributed by atoms with Crippen LogP contribution in [0.5, 0.6) is 5.75 Å². The maximum Gasteiger partial charge on any atom is 0.146 e. The molecule has 0 bridgehead atoms. The molecule has 0 radical (unpaired) electrons. The van der Waals surface area contributed by atoms with Crippen LogP contribution in [0.25, 0.3) is 0 Å². The smallest absolute Gasteiger partial charge is 0.146 e. The van der Waals surface area contributed by atoms with Crippen LogP contribution in [0.3, 0.4) is 0 Å². The lowest BCUT2D eigenvalue weighted by Gasteiger charge is -2.13. The maximum absolute atomic E-state index is 5.41. The Morgan fingerprint density at radius 3 is 2.27 bits per heavy atom. The Labute approximate surface area is 91.9 Å². The predicted octanol–water partition coefficient (Wildman–Crippen LogP) is 2.70. The van der Waals surface area contributed by atoms with Gasteiger partial charge in [-0.15, -0.1) is 0 Å². The number of hydrogen-bond acceptors (Lipinski definition) is 3. The van der Waals surface area contributed by atoms with E-state index in [4.69, 9.17) is 4.74 Å². The standard InChI is InChI=1S/C12H20N2O/c1-5-7-10-11(8-6-2)14-13-9(3)12(10)15-4/h5-8H2,1-4H3. The van der Waals surface area contributed by atoms with Gasteiger partial charge in [0, 0.05) is 5.56 Å². The van der Waals surface area contributed by atoms with E-state index in [2.05, 4.69) is 24.0 Å². The van der Waals surface area contributed by atoms with E-state index >= 15 is 0 Å². The van der Waals surface area contributed by atoms with Gasteiger partial charge < -0.3 is 4.74 Å². The molecule has 1 aromatic heterocycles. The molecule has 0 unspecified atom stereocenters. The minimum atomic E-state index is 0.890. The van der Waals surface area contributed by atoms with Crippen LogP contribution < -0.4 is 4.74 Å². The Morgan fingerprint density at radius 1 is 1.07 bits per heavy atom. The monoisotopic (exact) mass is 208 g/mol. The zero-order chi connectivity index (χ0) is 11.3. The van der Waals surface area contributed by atoms with Gasteiger partial charge in [0.2, 0.25) is 0 Å². The van der Waals surface area contributed by atoms with Crippen molar-refractivity contribution in [2.45, 2.75) is 46.5 Å². The molecule has 1 rings (SSSR count). The fourth-order valence-electron chi connectivity index (χ4n) is 1.81. The predicted molar refractivity (Wildman–Crippen MR) is 61.3 cm³/mol. The van der Waals surface area contributed by atoms with E-state index in [0.717, 1.165) is 42.8 Å². The lowest BCUT2D eigenvalue weighted by atomic mass is 10.0. The van der Waals surface area contributed by atoms with Crippen LogP contribution in [0.2, 0.25) is 0 Å². The van der Waals surface area contributed by atoms with E-state index in [1.165, 1.54) is 5.56 Å². The quantitative estimate of drug-likeness (QED) is 0.746. The molecule has 0 aromatic carbocycles. The first-order chi connectivity index (χ1) is 7.24. The molecule has 0 saturated heterocycles. The first-order valence-corrected chi connectivity index (χ1v) is 5.63. The first-order valence-electron chi connectivity index (χ1n) is 5.63. The molecule has 1 aromatic rings. The number of aromatic nitrogens is 2. The summed E-state index contributed by atoms with van der Waals surface area (Å²) < 4.78 is 5.41. The molecular weight excluding hydrogens is 188 g/mol. The molecule has 0 fully saturated rings. The molecular formula is C12H20N2O. The SMILES string of the molecule is CCCc1nnc(C)c(OC)c1CCC. The molecule has 0 aliphatic carbocycles. The summed E-state index contributed by atoms with van der Waals surface area (Å²) in [7, 11) is 1.71. The van der Waals surface area contributed by atoms with E-state index in [1.807, 2.05) is 6.92 Å². The average molecular weight is 208 g/mol. The lowest BCUT2D eigenvalue weighted by molar-refractivity contribution is 0.400. The van der Waals surface area contributed by atoms with E-state index < -0.39 is 0 Å². The van der Waals surface area contributed by atoms with E-state index in [-0.39, 0.29) is 0 Å². The van der Waals surface area contributed by atoms with Gasteiger partial charge in [0.25, 0.3) is 0 Å². The van der Waals surface area contributed by atoms with Crippen molar-refractivity contribution in [2.75, 3.05) is 7.11 Å². The molecule has 3 heteroatoms. The van der Waals surface area contributed by atoms with Crippen LogP contribution in [0.1, 0.15) is 43.6 Å². The Balaban J connectivity index is 3.15. The van der Waals surface area contributed by atoms with Crippen LogP contribution in [-0.2, 0) is 12.8 Å². The Kier molecular flexibility index (Phi) is 4.53.